The number of hydrogen-bond acceptors (Lipinski definition) is 5. The first kappa shape index (κ1) is 18.7. The molecule has 1 unspecified atom stereocenters. The van der Waals surface area contributed by atoms with Gasteiger partial charge in [0.25, 0.3) is 0 Å². The summed E-state index contributed by atoms with van der Waals surface area (Å²) in [6.45, 7) is 5.23. The Kier molecular flexibility index (Phi) is 5.21. The minimum Gasteiger partial charge on any atom is -0.408 e. The first-order valence-electron chi connectivity index (χ1n) is 9.81. The zero-order valence-corrected chi connectivity index (χ0v) is 16.0. The Labute approximate surface area is 162 Å². The van der Waals surface area contributed by atoms with E-state index in [-0.39, 0.29) is 17.7 Å². The van der Waals surface area contributed by atoms with Crippen molar-refractivity contribution in [2.75, 3.05) is 39.4 Å². The second kappa shape index (κ2) is 7.79. The van der Waals surface area contributed by atoms with Crippen molar-refractivity contribution in [3.63, 3.8) is 0 Å². The second-order valence-corrected chi connectivity index (χ2v) is 7.42. The van der Waals surface area contributed by atoms with E-state index in [0.29, 0.717) is 63.3 Å². The predicted octanol–water partition coefficient (Wildman–Crippen LogP) is 1.25. The number of ether oxygens (including phenoxy) is 1. The van der Waals surface area contributed by atoms with Crippen molar-refractivity contribution in [1.82, 2.24) is 14.4 Å². The summed E-state index contributed by atoms with van der Waals surface area (Å²) in [4.78, 5) is 41.5. The van der Waals surface area contributed by atoms with Gasteiger partial charge < -0.3 is 19.0 Å². The van der Waals surface area contributed by atoms with Crippen LogP contribution in [0.4, 0.5) is 0 Å². The van der Waals surface area contributed by atoms with Gasteiger partial charge in [0.15, 0.2) is 5.58 Å². The summed E-state index contributed by atoms with van der Waals surface area (Å²) in [5.74, 6) is -0.527. The third-order valence-electron chi connectivity index (χ3n) is 5.74. The second-order valence-electron chi connectivity index (χ2n) is 7.42. The molecule has 2 fully saturated rings. The molecule has 2 aliphatic heterocycles. The number of hydrogen-bond donors (Lipinski definition) is 0. The molecule has 0 spiro atoms. The lowest BCUT2D eigenvalue weighted by Gasteiger charge is -2.36. The maximum atomic E-state index is 13.0. The Morgan fingerprint density at radius 3 is 2.43 bits per heavy atom. The molecule has 3 heterocycles. The number of amides is 2. The summed E-state index contributed by atoms with van der Waals surface area (Å²) in [6.07, 6.45) is 1.30. The normalized spacial score (nSPS) is 19.8. The number of rotatable bonds is 3. The molecule has 8 nitrogen and oxygen atoms in total. The molecule has 4 rings (SSSR count). The molecular weight excluding hydrogens is 362 g/mol. The average Bonchev–Trinajstić information content (AvgIpc) is 3.08. The number of morpholine rings is 1. The van der Waals surface area contributed by atoms with Gasteiger partial charge in [0.1, 0.15) is 6.04 Å². The number of carbonyl (C=O) groups is 2. The van der Waals surface area contributed by atoms with Crippen LogP contribution in [0.5, 0.6) is 0 Å². The summed E-state index contributed by atoms with van der Waals surface area (Å²) >= 11 is 0. The highest BCUT2D eigenvalue weighted by atomic mass is 16.5. The van der Waals surface area contributed by atoms with Crippen molar-refractivity contribution in [3.8, 4) is 0 Å². The molecule has 150 valence electrons. The third-order valence-corrected chi connectivity index (χ3v) is 5.74. The molecule has 0 bridgehead atoms. The van der Waals surface area contributed by atoms with Crippen LogP contribution in [0, 0.1) is 5.92 Å². The molecule has 0 radical (unpaired) electrons. The van der Waals surface area contributed by atoms with Gasteiger partial charge in [0, 0.05) is 32.1 Å². The minimum absolute atomic E-state index is 0.0464. The summed E-state index contributed by atoms with van der Waals surface area (Å²) in [5, 5.41) is 0. The van der Waals surface area contributed by atoms with Gasteiger partial charge in [-0.15, -0.1) is 0 Å². The lowest BCUT2D eigenvalue weighted by atomic mass is 9.94. The van der Waals surface area contributed by atoms with E-state index in [2.05, 4.69) is 0 Å². The molecule has 1 aromatic heterocycles. The van der Waals surface area contributed by atoms with Gasteiger partial charge in [-0.05, 0) is 31.9 Å². The van der Waals surface area contributed by atoms with Gasteiger partial charge in [-0.25, -0.2) is 4.79 Å². The number of aromatic nitrogens is 1. The van der Waals surface area contributed by atoms with E-state index in [0.717, 1.165) is 0 Å². The number of likely N-dealkylation sites (tertiary alicyclic amines) is 1. The molecule has 0 N–H and O–H groups in total. The molecular formula is C20H25N3O5. The van der Waals surface area contributed by atoms with Gasteiger partial charge in [-0.3, -0.25) is 14.2 Å². The molecule has 2 saturated heterocycles. The summed E-state index contributed by atoms with van der Waals surface area (Å²) in [6, 6.07) is 6.44. The van der Waals surface area contributed by atoms with Crippen LogP contribution in [-0.2, 0) is 14.3 Å². The van der Waals surface area contributed by atoms with Crippen molar-refractivity contribution in [3.05, 3.63) is 34.8 Å². The van der Waals surface area contributed by atoms with E-state index >= 15 is 0 Å². The van der Waals surface area contributed by atoms with Gasteiger partial charge in [0.2, 0.25) is 11.8 Å². The Balaban J connectivity index is 1.41. The van der Waals surface area contributed by atoms with Crippen molar-refractivity contribution in [2.45, 2.75) is 25.8 Å². The van der Waals surface area contributed by atoms with Crippen molar-refractivity contribution in [1.29, 1.82) is 0 Å². The fraction of sp³-hybridized carbons (Fsp3) is 0.550. The number of benzene rings is 1. The molecule has 1 atom stereocenters. The van der Waals surface area contributed by atoms with Crippen LogP contribution in [0.3, 0.4) is 0 Å². The summed E-state index contributed by atoms with van der Waals surface area (Å²) in [5.41, 5.74) is 1.09. The fourth-order valence-corrected chi connectivity index (χ4v) is 4.11. The van der Waals surface area contributed by atoms with Gasteiger partial charge in [-0.1, -0.05) is 12.1 Å². The van der Waals surface area contributed by atoms with E-state index < -0.39 is 11.8 Å². The largest absolute Gasteiger partial charge is 0.420 e. The first-order valence-corrected chi connectivity index (χ1v) is 9.81. The molecule has 2 aliphatic rings. The van der Waals surface area contributed by atoms with E-state index in [1.165, 1.54) is 4.57 Å². The number of oxazole rings is 1. The SMILES string of the molecule is CC(C(=O)N1CCC(C(=O)N2CCOCC2)CC1)n1c(=O)oc2ccccc21. The maximum absolute atomic E-state index is 13.0. The zero-order valence-electron chi connectivity index (χ0n) is 16.0. The molecule has 0 aliphatic carbocycles. The molecule has 2 amide bonds. The van der Waals surface area contributed by atoms with Crippen LogP contribution in [0.15, 0.2) is 33.5 Å². The van der Waals surface area contributed by atoms with Crippen LogP contribution in [0.2, 0.25) is 0 Å². The lowest BCUT2D eigenvalue weighted by molar-refractivity contribution is -0.144. The quantitative estimate of drug-likeness (QED) is 0.791. The highest BCUT2D eigenvalue weighted by Crippen LogP contribution is 2.24. The first-order chi connectivity index (χ1) is 13.6. The van der Waals surface area contributed by atoms with Crippen LogP contribution in [0.25, 0.3) is 11.1 Å². The highest BCUT2D eigenvalue weighted by Gasteiger charge is 2.33. The van der Waals surface area contributed by atoms with E-state index in [4.69, 9.17) is 9.15 Å². The fourth-order valence-electron chi connectivity index (χ4n) is 4.11. The molecule has 0 saturated carbocycles. The van der Waals surface area contributed by atoms with E-state index in [9.17, 15) is 14.4 Å². The lowest BCUT2D eigenvalue weighted by Crippen LogP contribution is -2.48. The Hall–Kier alpha value is -2.61. The Morgan fingerprint density at radius 2 is 1.71 bits per heavy atom. The Bertz CT molecular complexity index is 919. The number of fused-ring (bicyclic) bond motifs is 1. The van der Waals surface area contributed by atoms with Crippen LogP contribution < -0.4 is 5.76 Å². The molecule has 1 aromatic carbocycles. The number of para-hydroxylation sites is 2. The standard InChI is InChI=1S/C20H25N3O5/c1-14(23-16-4-2-3-5-17(16)28-20(23)26)18(24)21-8-6-15(7-9-21)19(25)22-10-12-27-13-11-22/h2-5,14-15H,6-13H2,1H3. The number of carbonyl (C=O) groups excluding carboxylic acids is 2. The maximum Gasteiger partial charge on any atom is 0.420 e. The molecule has 2 aromatic rings. The monoisotopic (exact) mass is 387 g/mol. The highest BCUT2D eigenvalue weighted by molar-refractivity contribution is 5.84. The van der Waals surface area contributed by atoms with Crippen LogP contribution in [-0.4, -0.2) is 65.6 Å². The molecule has 8 heteroatoms. The number of nitrogens with zero attached hydrogens (tertiary/aromatic N) is 3. The van der Waals surface area contributed by atoms with Gasteiger partial charge in [0.05, 0.1) is 18.7 Å². The van der Waals surface area contributed by atoms with E-state index in [1.807, 2.05) is 11.0 Å². The molecule has 28 heavy (non-hydrogen) atoms. The van der Waals surface area contributed by atoms with E-state index in [1.54, 1.807) is 30.0 Å². The van der Waals surface area contributed by atoms with Crippen LogP contribution >= 0.6 is 0 Å². The third kappa shape index (κ3) is 3.44. The van der Waals surface area contributed by atoms with Gasteiger partial charge in [-0.2, -0.15) is 0 Å². The van der Waals surface area contributed by atoms with Crippen molar-refractivity contribution < 1.29 is 18.7 Å². The van der Waals surface area contributed by atoms with Crippen LogP contribution in [0.1, 0.15) is 25.8 Å². The summed E-state index contributed by atoms with van der Waals surface area (Å²) in [7, 11) is 0. The number of piperidine rings is 1. The van der Waals surface area contributed by atoms with Crippen molar-refractivity contribution in [2.24, 2.45) is 5.92 Å². The zero-order chi connectivity index (χ0) is 19.7. The summed E-state index contributed by atoms with van der Waals surface area (Å²) < 4.78 is 12.0. The van der Waals surface area contributed by atoms with Crippen molar-refractivity contribution >= 4 is 22.9 Å². The average molecular weight is 387 g/mol. The van der Waals surface area contributed by atoms with Gasteiger partial charge >= 0.3 is 5.76 Å². The minimum atomic E-state index is -0.650. The smallest absolute Gasteiger partial charge is 0.408 e. The topological polar surface area (TPSA) is 85.0 Å². The Morgan fingerprint density at radius 1 is 1.04 bits per heavy atom. The predicted molar refractivity (Wildman–Crippen MR) is 102 cm³/mol.